The molecule has 2 aromatic carbocycles. The molecule has 0 radical (unpaired) electrons. The average molecular weight is 560 g/mol. The van der Waals surface area contributed by atoms with Gasteiger partial charge in [-0.2, -0.15) is 13.8 Å². The second-order valence-electron chi connectivity index (χ2n) is 9.49. The minimum atomic E-state index is 0. The van der Waals surface area contributed by atoms with Gasteiger partial charge in [0.25, 0.3) is 0 Å². The van der Waals surface area contributed by atoms with Crippen molar-refractivity contribution in [3.63, 3.8) is 0 Å². The molecule has 0 amide bonds. The third-order valence-electron chi connectivity index (χ3n) is 6.67. The zero-order valence-corrected chi connectivity index (χ0v) is 25.8. The Morgan fingerprint density at radius 3 is 1.58 bits per heavy atom. The van der Waals surface area contributed by atoms with E-state index in [1.165, 1.54) is 72.8 Å². The summed E-state index contributed by atoms with van der Waals surface area (Å²) in [5, 5.41) is 0. The van der Waals surface area contributed by atoms with Crippen LogP contribution in [0, 0.1) is 13.8 Å². The Balaban J connectivity index is 0.00000261. The van der Waals surface area contributed by atoms with Crippen molar-refractivity contribution in [2.75, 3.05) is 0 Å². The number of nitrogens with zero attached hydrogens (tertiary/aromatic N) is 2. The molecule has 0 spiro atoms. The third kappa shape index (κ3) is 11.4. The van der Waals surface area contributed by atoms with Gasteiger partial charge in [0.1, 0.15) is 0 Å². The number of unbranched alkanes of at least 4 members (excludes halogenated alkanes) is 6. The molecule has 0 bridgehead atoms. The van der Waals surface area contributed by atoms with Crippen molar-refractivity contribution in [1.29, 1.82) is 0 Å². The molecule has 0 unspecified atom stereocenters. The van der Waals surface area contributed by atoms with Crippen LogP contribution in [0.25, 0.3) is 16.9 Å². The molecule has 0 saturated heterocycles. The molecule has 0 fully saturated rings. The molecule has 0 aromatic heterocycles. The van der Waals surface area contributed by atoms with E-state index in [0.717, 1.165) is 48.2 Å². The van der Waals surface area contributed by atoms with Gasteiger partial charge >= 0.3 is 16.5 Å². The predicted molar refractivity (Wildman–Crippen MR) is 164 cm³/mol. The number of hydrogen-bond acceptors (Lipinski definition) is 0. The Hall–Kier alpha value is -1.99. The first-order valence-corrected chi connectivity index (χ1v) is 14.7. The fourth-order valence-electron chi connectivity index (χ4n) is 4.74. The first-order valence-electron chi connectivity index (χ1n) is 14.7. The van der Waals surface area contributed by atoms with Gasteiger partial charge in [-0.3, -0.25) is 0 Å². The molecule has 2 aromatic rings. The van der Waals surface area contributed by atoms with E-state index in [2.05, 4.69) is 89.2 Å². The van der Waals surface area contributed by atoms with E-state index in [9.17, 15) is 5.53 Å². The Labute approximate surface area is 245 Å². The smallest absolute Gasteiger partial charge is 0.493 e. The van der Waals surface area contributed by atoms with Gasteiger partial charge < -0.3 is 19.4 Å². The van der Waals surface area contributed by atoms with Gasteiger partial charge in [-0.05, 0) is 73.9 Å². The summed E-state index contributed by atoms with van der Waals surface area (Å²) in [5.74, 6) is 0. The average Bonchev–Trinajstić information content (AvgIpc) is 3.27. The van der Waals surface area contributed by atoms with Crippen LogP contribution in [0.2, 0.25) is 0 Å². The minimum Gasteiger partial charge on any atom is -0.493 e. The van der Waals surface area contributed by atoms with E-state index >= 15 is 0 Å². The van der Waals surface area contributed by atoms with Gasteiger partial charge in [0, 0.05) is 22.8 Å². The number of rotatable bonds is 14. The van der Waals surface area contributed by atoms with Crippen LogP contribution in [0.3, 0.4) is 0 Å². The number of aryl methyl sites for hydroxylation is 2. The molecule has 38 heavy (non-hydrogen) atoms. The van der Waals surface area contributed by atoms with Gasteiger partial charge in [-0.25, -0.2) is 4.70 Å². The zero-order valence-electron chi connectivity index (χ0n) is 24.8. The van der Waals surface area contributed by atoms with E-state index < -0.39 is 0 Å². The normalized spacial score (nSPS) is 12.2. The first-order chi connectivity index (χ1) is 18.2. The largest absolute Gasteiger partial charge is 2.00 e. The van der Waals surface area contributed by atoms with Crippen LogP contribution < -0.4 is 0 Å². The summed E-state index contributed by atoms with van der Waals surface area (Å²) in [7, 11) is 0. The topological polar surface area (TPSA) is 25.3 Å². The van der Waals surface area contributed by atoms with Crippen LogP contribution in [0.1, 0.15) is 121 Å². The Bertz CT molecular complexity index is 987. The maximum Gasteiger partial charge on any atom is 2.00 e. The molecule has 0 atom stereocenters. The standard InChI is InChI=1S/C31H42N2.2C2H5.Ni/c1-4-7-10-15-25-17-13-20-27(22-25)30-24-29(19-12-9-6-3)31(33(30)32)28-21-14-18-26(23-28)16-11-8-5-2;2*1-2;/h13-14,17-18,20-24H,4-12,15-16,19H2,1-3H3;2*1H2,2H3;/q;2*-1;+2. The zero-order chi connectivity index (χ0) is 27.5. The summed E-state index contributed by atoms with van der Waals surface area (Å²) in [6.07, 6.45) is 16.4. The van der Waals surface area contributed by atoms with Gasteiger partial charge in [-0.15, -0.1) is 0 Å². The van der Waals surface area contributed by atoms with E-state index in [0.29, 0.717) is 0 Å². The monoisotopic (exact) mass is 558 g/mol. The summed E-state index contributed by atoms with van der Waals surface area (Å²) in [4.78, 5) is 0. The molecule has 1 aliphatic rings. The van der Waals surface area contributed by atoms with Crippen molar-refractivity contribution in [1.82, 2.24) is 0 Å². The van der Waals surface area contributed by atoms with Crippen molar-refractivity contribution in [3.05, 3.63) is 102 Å². The molecular weight excluding hydrogens is 507 g/mol. The Kier molecular flexibility index (Phi) is 20.7. The second-order valence-corrected chi connectivity index (χ2v) is 9.49. The van der Waals surface area contributed by atoms with Gasteiger partial charge in [-0.1, -0.05) is 83.6 Å². The van der Waals surface area contributed by atoms with Crippen LogP contribution in [0.5, 0.6) is 0 Å². The quantitative estimate of drug-likeness (QED) is 0.0952. The molecule has 3 rings (SSSR count). The maximum absolute atomic E-state index is 11.4. The van der Waals surface area contributed by atoms with E-state index in [1.807, 2.05) is 0 Å². The van der Waals surface area contributed by atoms with Crippen LogP contribution >= 0.6 is 0 Å². The Morgan fingerprint density at radius 1 is 0.632 bits per heavy atom. The fraction of sp³-hybridized carbons (Fsp3) is 0.486. The molecular formula is C35H52N2Ni. The second kappa shape index (κ2) is 21.9. The van der Waals surface area contributed by atoms with Crippen molar-refractivity contribution in [2.24, 2.45) is 0 Å². The van der Waals surface area contributed by atoms with Crippen LogP contribution in [-0.4, -0.2) is 4.70 Å². The summed E-state index contributed by atoms with van der Waals surface area (Å²) in [5.41, 5.74) is 19.5. The predicted octanol–water partition coefficient (Wildman–Crippen LogP) is 11.2. The molecule has 1 heterocycles. The SMILES string of the molecule is CCCCCC1=C(c2cccc(CCCCC)c2)[N+](=[N-])C(c2cccc(CCCCC)c2)=C1.[CH2-]C.[CH2-]C.[Ni+2]. The molecule has 2 nitrogen and oxygen atoms in total. The van der Waals surface area contributed by atoms with Gasteiger partial charge in [0.05, 0.1) is 0 Å². The summed E-state index contributed by atoms with van der Waals surface area (Å²) >= 11 is 0. The first kappa shape index (κ1) is 36.0. The van der Waals surface area contributed by atoms with Crippen LogP contribution in [0.4, 0.5) is 0 Å². The Morgan fingerprint density at radius 2 is 1.08 bits per heavy atom. The van der Waals surface area contributed by atoms with Crippen LogP contribution in [-0.2, 0) is 29.3 Å². The molecule has 0 aliphatic carbocycles. The number of allylic oxidation sites excluding steroid dienone is 2. The van der Waals surface area contributed by atoms with Crippen molar-refractivity contribution < 1.29 is 21.2 Å². The summed E-state index contributed by atoms with van der Waals surface area (Å²) in [6.45, 7) is 16.7. The minimum absolute atomic E-state index is 0. The molecule has 1 aliphatic heterocycles. The number of benzene rings is 2. The van der Waals surface area contributed by atoms with Gasteiger partial charge in [0.2, 0.25) is 11.4 Å². The van der Waals surface area contributed by atoms with Gasteiger partial charge in [0.15, 0.2) is 0 Å². The van der Waals surface area contributed by atoms with Crippen molar-refractivity contribution in [2.45, 2.75) is 112 Å². The molecule has 3 heteroatoms. The molecule has 0 saturated carbocycles. The van der Waals surface area contributed by atoms with Crippen LogP contribution in [0.15, 0.2) is 60.2 Å². The van der Waals surface area contributed by atoms with E-state index in [1.54, 1.807) is 13.8 Å². The summed E-state index contributed by atoms with van der Waals surface area (Å²) < 4.78 is 1.46. The third-order valence-corrected chi connectivity index (χ3v) is 6.67. The summed E-state index contributed by atoms with van der Waals surface area (Å²) in [6, 6.07) is 17.5. The van der Waals surface area contributed by atoms with E-state index in [4.69, 9.17) is 0 Å². The fourth-order valence-corrected chi connectivity index (χ4v) is 4.74. The molecule has 0 N–H and O–H groups in total. The number of hydrogen-bond donors (Lipinski definition) is 0. The molecule has 212 valence electrons. The van der Waals surface area contributed by atoms with E-state index in [-0.39, 0.29) is 16.5 Å². The maximum atomic E-state index is 11.4. The van der Waals surface area contributed by atoms with Crippen molar-refractivity contribution in [3.8, 4) is 0 Å². The van der Waals surface area contributed by atoms with Crippen molar-refractivity contribution >= 4 is 11.4 Å².